The van der Waals surface area contributed by atoms with E-state index < -0.39 is 0 Å². The van der Waals surface area contributed by atoms with Gasteiger partial charge in [0.2, 0.25) is 0 Å². The van der Waals surface area contributed by atoms with Gasteiger partial charge in [-0.3, -0.25) is 4.98 Å². The van der Waals surface area contributed by atoms with Gasteiger partial charge in [-0.1, -0.05) is 6.07 Å². The van der Waals surface area contributed by atoms with Crippen LogP contribution in [0.15, 0.2) is 36.7 Å². The van der Waals surface area contributed by atoms with Crippen molar-refractivity contribution in [2.24, 2.45) is 0 Å². The van der Waals surface area contributed by atoms with Crippen molar-refractivity contribution in [2.75, 3.05) is 13.7 Å². The summed E-state index contributed by atoms with van der Waals surface area (Å²) in [6, 6.07) is 8.73. The summed E-state index contributed by atoms with van der Waals surface area (Å²) < 4.78 is 5.31. The number of nitrogens with zero attached hydrogens (tertiary/aromatic N) is 1. The number of ether oxygens (including phenoxy) is 1. The summed E-state index contributed by atoms with van der Waals surface area (Å²) in [5, 5.41) is 3.60. The van der Waals surface area contributed by atoms with Crippen LogP contribution in [-0.2, 0) is 6.42 Å². The highest BCUT2D eigenvalue weighted by atomic mass is 16.5. The maximum Gasteiger partial charge on any atom is 0.119 e. The second-order valence-electron chi connectivity index (χ2n) is 4.93. The summed E-state index contributed by atoms with van der Waals surface area (Å²) in [4.78, 5) is 4.18. The highest BCUT2D eigenvalue weighted by Crippen LogP contribution is 2.32. The molecule has 3 rings (SSSR count). The Morgan fingerprint density at radius 3 is 2.95 bits per heavy atom. The number of fused-ring (bicyclic) bond motifs is 1. The third kappa shape index (κ3) is 2.22. The standard InChI is InChI=1S/C16H18N2O/c1-11-10-17-7-6-14(11)16-15-4-3-13(19-2)9-12(15)5-8-18-16/h3-4,6-7,9-10,16,18H,5,8H2,1-2H3. The minimum atomic E-state index is 0.262. The highest BCUT2D eigenvalue weighted by molar-refractivity contribution is 5.44. The molecular formula is C16H18N2O. The van der Waals surface area contributed by atoms with E-state index in [9.17, 15) is 0 Å². The van der Waals surface area contributed by atoms with Gasteiger partial charge in [0, 0.05) is 18.9 Å². The first-order valence-electron chi connectivity index (χ1n) is 6.60. The van der Waals surface area contributed by atoms with Crippen molar-refractivity contribution in [1.29, 1.82) is 0 Å². The molecule has 2 aromatic rings. The van der Waals surface area contributed by atoms with Gasteiger partial charge in [-0.25, -0.2) is 0 Å². The zero-order chi connectivity index (χ0) is 13.2. The van der Waals surface area contributed by atoms with Gasteiger partial charge in [-0.15, -0.1) is 0 Å². The van der Waals surface area contributed by atoms with Crippen LogP contribution in [-0.4, -0.2) is 18.6 Å². The van der Waals surface area contributed by atoms with E-state index in [0.717, 1.165) is 18.7 Å². The second-order valence-corrected chi connectivity index (χ2v) is 4.93. The Morgan fingerprint density at radius 1 is 1.26 bits per heavy atom. The Hall–Kier alpha value is -1.87. The normalized spacial score (nSPS) is 17.9. The van der Waals surface area contributed by atoms with Crippen LogP contribution >= 0.6 is 0 Å². The van der Waals surface area contributed by atoms with E-state index in [2.05, 4.69) is 35.4 Å². The van der Waals surface area contributed by atoms with E-state index in [1.54, 1.807) is 7.11 Å². The molecule has 1 aromatic carbocycles. The van der Waals surface area contributed by atoms with Gasteiger partial charge in [0.15, 0.2) is 0 Å². The fraction of sp³-hybridized carbons (Fsp3) is 0.312. The minimum Gasteiger partial charge on any atom is -0.497 e. The zero-order valence-electron chi connectivity index (χ0n) is 11.3. The van der Waals surface area contributed by atoms with E-state index >= 15 is 0 Å². The van der Waals surface area contributed by atoms with Gasteiger partial charge >= 0.3 is 0 Å². The molecule has 1 aromatic heterocycles. The van der Waals surface area contributed by atoms with Crippen molar-refractivity contribution < 1.29 is 4.74 Å². The molecule has 0 amide bonds. The van der Waals surface area contributed by atoms with E-state index in [-0.39, 0.29) is 6.04 Å². The predicted octanol–water partition coefficient (Wildman–Crippen LogP) is 2.63. The Morgan fingerprint density at radius 2 is 2.16 bits per heavy atom. The number of pyridine rings is 1. The summed E-state index contributed by atoms with van der Waals surface area (Å²) >= 11 is 0. The topological polar surface area (TPSA) is 34.1 Å². The summed E-state index contributed by atoms with van der Waals surface area (Å²) in [6.45, 7) is 3.11. The van der Waals surface area contributed by atoms with Crippen molar-refractivity contribution >= 4 is 0 Å². The SMILES string of the molecule is COc1ccc2c(c1)CCNC2c1ccncc1C. The summed E-state index contributed by atoms with van der Waals surface area (Å²) in [5.41, 5.74) is 5.26. The molecule has 3 heteroatoms. The molecule has 1 aliphatic heterocycles. The maximum atomic E-state index is 5.31. The molecule has 1 atom stereocenters. The number of aryl methyl sites for hydroxylation is 1. The third-order valence-electron chi connectivity index (χ3n) is 3.78. The van der Waals surface area contributed by atoms with Gasteiger partial charge in [0.25, 0.3) is 0 Å². The van der Waals surface area contributed by atoms with Crippen molar-refractivity contribution in [1.82, 2.24) is 10.3 Å². The summed E-state index contributed by atoms with van der Waals surface area (Å²) in [7, 11) is 1.72. The van der Waals surface area contributed by atoms with Crippen LogP contribution in [0.2, 0.25) is 0 Å². The van der Waals surface area contributed by atoms with Crippen LogP contribution in [0.3, 0.4) is 0 Å². The van der Waals surface area contributed by atoms with Crippen molar-refractivity contribution in [3.63, 3.8) is 0 Å². The van der Waals surface area contributed by atoms with E-state index in [1.165, 1.54) is 22.3 Å². The average molecular weight is 254 g/mol. The minimum absolute atomic E-state index is 0.262. The summed E-state index contributed by atoms with van der Waals surface area (Å²) in [5.74, 6) is 0.936. The summed E-state index contributed by atoms with van der Waals surface area (Å²) in [6.07, 6.45) is 4.84. The Kier molecular flexibility index (Phi) is 3.22. The maximum absolute atomic E-state index is 5.31. The van der Waals surface area contributed by atoms with Crippen LogP contribution in [0.1, 0.15) is 28.3 Å². The number of methoxy groups -OCH3 is 1. The van der Waals surface area contributed by atoms with Gasteiger partial charge in [-0.05, 0) is 53.8 Å². The molecule has 1 aliphatic rings. The molecule has 19 heavy (non-hydrogen) atoms. The lowest BCUT2D eigenvalue weighted by Gasteiger charge is -2.28. The lowest BCUT2D eigenvalue weighted by Crippen LogP contribution is -2.31. The highest BCUT2D eigenvalue weighted by Gasteiger charge is 2.22. The molecule has 1 unspecified atom stereocenters. The van der Waals surface area contributed by atoms with Gasteiger partial charge in [0.1, 0.15) is 5.75 Å². The molecule has 0 saturated carbocycles. The largest absolute Gasteiger partial charge is 0.497 e. The molecule has 0 spiro atoms. The number of hydrogen-bond donors (Lipinski definition) is 1. The zero-order valence-corrected chi connectivity index (χ0v) is 11.3. The number of hydrogen-bond acceptors (Lipinski definition) is 3. The predicted molar refractivity (Wildman–Crippen MR) is 75.5 cm³/mol. The molecule has 3 nitrogen and oxygen atoms in total. The first-order chi connectivity index (χ1) is 9.29. The third-order valence-corrected chi connectivity index (χ3v) is 3.78. The fourth-order valence-corrected chi connectivity index (χ4v) is 2.75. The quantitative estimate of drug-likeness (QED) is 0.894. The average Bonchev–Trinajstić information content (AvgIpc) is 2.46. The molecule has 98 valence electrons. The van der Waals surface area contributed by atoms with Gasteiger partial charge < -0.3 is 10.1 Å². The number of benzene rings is 1. The van der Waals surface area contributed by atoms with Crippen molar-refractivity contribution in [3.8, 4) is 5.75 Å². The molecule has 0 aliphatic carbocycles. The number of aromatic nitrogens is 1. The molecular weight excluding hydrogens is 236 g/mol. The Labute approximate surface area is 113 Å². The lowest BCUT2D eigenvalue weighted by atomic mass is 9.88. The molecule has 2 heterocycles. The van der Waals surface area contributed by atoms with Crippen molar-refractivity contribution in [2.45, 2.75) is 19.4 Å². The van der Waals surface area contributed by atoms with Gasteiger partial charge in [-0.2, -0.15) is 0 Å². The Bertz CT molecular complexity index is 595. The number of rotatable bonds is 2. The van der Waals surface area contributed by atoms with Crippen LogP contribution in [0.25, 0.3) is 0 Å². The van der Waals surface area contributed by atoms with Crippen molar-refractivity contribution in [3.05, 3.63) is 58.9 Å². The molecule has 0 radical (unpaired) electrons. The number of nitrogens with one attached hydrogen (secondary N) is 1. The van der Waals surface area contributed by atoms with Crippen LogP contribution in [0, 0.1) is 6.92 Å². The molecule has 0 fully saturated rings. The van der Waals surface area contributed by atoms with Crippen LogP contribution in [0.5, 0.6) is 5.75 Å². The molecule has 0 saturated heterocycles. The van der Waals surface area contributed by atoms with Crippen LogP contribution < -0.4 is 10.1 Å². The first kappa shape index (κ1) is 12.2. The fourth-order valence-electron chi connectivity index (χ4n) is 2.75. The van der Waals surface area contributed by atoms with E-state index in [0.29, 0.717) is 0 Å². The first-order valence-corrected chi connectivity index (χ1v) is 6.60. The van der Waals surface area contributed by atoms with Gasteiger partial charge in [0.05, 0.1) is 13.2 Å². The lowest BCUT2D eigenvalue weighted by molar-refractivity contribution is 0.413. The van der Waals surface area contributed by atoms with Crippen LogP contribution in [0.4, 0.5) is 0 Å². The smallest absolute Gasteiger partial charge is 0.119 e. The molecule has 0 bridgehead atoms. The molecule has 1 N–H and O–H groups in total. The second kappa shape index (κ2) is 5.02. The van der Waals surface area contributed by atoms with E-state index in [1.807, 2.05) is 18.5 Å². The van der Waals surface area contributed by atoms with E-state index in [4.69, 9.17) is 4.74 Å². The Balaban J connectivity index is 2.06. The monoisotopic (exact) mass is 254 g/mol.